The lowest BCUT2D eigenvalue weighted by molar-refractivity contribution is -0.133. The summed E-state index contributed by atoms with van der Waals surface area (Å²) in [5, 5.41) is 9.16. The monoisotopic (exact) mass is 354 g/mol. The van der Waals surface area contributed by atoms with Gasteiger partial charge >= 0.3 is 5.97 Å². The van der Waals surface area contributed by atoms with Gasteiger partial charge in [0.25, 0.3) is 0 Å². The van der Waals surface area contributed by atoms with Gasteiger partial charge in [-0.3, -0.25) is 4.90 Å². The molecule has 0 saturated heterocycles. The molecule has 2 heterocycles. The average Bonchev–Trinajstić information content (AvgIpc) is 3.06. The summed E-state index contributed by atoms with van der Waals surface area (Å²) in [7, 11) is 1.99. The van der Waals surface area contributed by atoms with Crippen LogP contribution in [0.2, 0.25) is 0 Å². The van der Waals surface area contributed by atoms with Crippen LogP contribution in [0.5, 0.6) is 0 Å². The molecule has 0 bridgehead atoms. The quantitative estimate of drug-likeness (QED) is 0.860. The van der Waals surface area contributed by atoms with E-state index in [1.807, 2.05) is 36.0 Å². The molecule has 0 fully saturated rings. The van der Waals surface area contributed by atoms with Crippen molar-refractivity contribution < 1.29 is 14.3 Å². The van der Waals surface area contributed by atoms with Crippen molar-refractivity contribution >= 4 is 11.5 Å². The second-order valence-electron chi connectivity index (χ2n) is 6.52. The van der Waals surface area contributed by atoms with Gasteiger partial charge in [0.05, 0.1) is 0 Å². The van der Waals surface area contributed by atoms with Gasteiger partial charge in [0.2, 0.25) is 0 Å². The normalized spacial score (nSPS) is 15.8. The predicted molar refractivity (Wildman–Crippen MR) is 100 cm³/mol. The fraction of sp³-hybridized carbons (Fsp3) is 0.286. The molecule has 3 rings (SSSR count). The predicted octanol–water partition coefficient (Wildman–Crippen LogP) is 3.70. The number of rotatable bonds is 6. The molecular weight excluding hydrogens is 331 g/mol. The number of halogens is 1. The van der Waals surface area contributed by atoms with E-state index in [4.69, 9.17) is 5.11 Å². The van der Waals surface area contributed by atoms with Gasteiger partial charge in [-0.25, -0.2) is 9.18 Å². The molecule has 136 valence electrons. The van der Waals surface area contributed by atoms with Crippen molar-refractivity contribution in [3.8, 4) is 0 Å². The molecule has 5 heteroatoms. The Bertz CT molecular complexity index is 834. The highest BCUT2D eigenvalue weighted by molar-refractivity contribution is 5.87. The van der Waals surface area contributed by atoms with Crippen LogP contribution in [0.1, 0.15) is 24.1 Å². The number of nitrogens with zero attached hydrogens (tertiary/aromatic N) is 2. The molecule has 26 heavy (non-hydrogen) atoms. The zero-order valence-electron chi connectivity index (χ0n) is 14.9. The number of hydrogen-bond acceptors (Lipinski definition) is 2. The zero-order chi connectivity index (χ0) is 18.5. The molecule has 0 amide bonds. The van der Waals surface area contributed by atoms with Gasteiger partial charge in [0.1, 0.15) is 5.82 Å². The molecule has 0 unspecified atom stereocenters. The highest BCUT2D eigenvalue weighted by Crippen LogP contribution is 2.24. The summed E-state index contributed by atoms with van der Waals surface area (Å²) in [5.41, 5.74) is 3.57. The lowest BCUT2D eigenvalue weighted by atomic mass is 10.0. The number of carboxylic acids is 1. The maximum Gasteiger partial charge on any atom is 0.332 e. The molecule has 2 aromatic rings. The minimum Gasteiger partial charge on any atom is -0.478 e. The van der Waals surface area contributed by atoms with Crippen molar-refractivity contribution in [1.82, 2.24) is 9.47 Å². The Hall–Kier alpha value is -2.66. The van der Waals surface area contributed by atoms with Crippen molar-refractivity contribution in [3.63, 3.8) is 0 Å². The number of carboxylic acid groups (broad SMARTS) is 1. The van der Waals surface area contributed by atoms with Crippen LogP contribution in [-0.2, 0) is 11.8 Å². The average molecular weight is 354 g/mol. The van der Waals surface area contributed by atoms with Gasteiger partial charge in [0, 0.05) is 49.7 Å². The molecule has 1 aliphatic rings. The molecule has 1 N–H and O–H groups in total. The first-order chi connectivity index (χ1) is 12.5. The second-order valence-corrected chi connectivity index (χ2v) is 6.52. The van der Waals surface area contributed by atoms with Crippen LogP contribution in [0.25, 0.3) is 5.57 Å². The third-order valence-electron chi connectivity index (χ3n) is 4.67. The van der Waals surface area contributed by atoms with Crippen molar-refractivity contribution in [3.05, 3.63) is 77.4 Å². The Morgan fingerprint density at radius 1 is 1.27 bits per heavy atom. The molecule has 0 radical (unpaired) electrons. The molecule has 1 aromatic carbocycles. The highest BCUT2D eigenvalue weighted by atomic mass is 19.1. The van der Waals surface area contributed by atoms with Crippen LogP contribution in [-0.4, -0.2) is 40.2 Å². The first-order valence-electron chi connectivity index (χ1n) is 8.77. The van der Waals surface area contributed by atoms with Crippen LogP contribution in [0.15, 0.2) is 60.3 Å². The first kappa shape index (κ1) is 18.1. The van der Waals surface area contributed by atoms with E-state index in [9.17, 15) is 9.18 Å². The lowest BCUT2D eigenvalue weighted by Crippen LogP contribution is -2.32. The number of aryl methyl sites for hydroxylation is 1. The lowest BCUT2D eigenvalue weighted by Gasteiger charge is -2.25. The summed E-state index contributed by atoms with van der Waals surface area (Å²) in [4.78, 5) is 13.3. The maximum atomic E-state index is 13.3. The second kappa shape index (κ2) is 8.15. The van der Waals surface area contributed by atoms with E-state index in [0.29, 0.717) is 12.1 Å². The number of benzene rings is 1. The van der Waals surface area contributed by atoms with E-state index < -0.39 is 5.97 Å². The molecule has 1 aliphatic heterocycles. The van der Waals surface area contributed by atoms with Gasteiger partial charge in [-0.2, -0.15) is 0 Å². The standard InChI is InChI=1S/C21H23FN2O2/c1-23-12-4-7-20(23)19(16-8-10-18(22)11-9-16)6-3-14-24-13-2-5-17(15-24)21(25)26/h4-12H,2-3,13-15H2,1H3,(H,25,26). The third kappa shape index (κ3) is 4.29. The Balaban J connectivity index is 1.75. The summed E-state index contributed by atoms with van der Waals surface area (Å²) in [6.45, 7) is 2.15. The minimum atomic E-state index is -0.832. The molecule has 0 saturated carbocycles. The Kier molecular flexibility index (Phi) is 5.68. The van der Waals surface area contributed by atoms with Gasteiger partial charge in [-0.05, 0) is 42.7 Å². The van der Waals surface area contributed by atoms with Gasteiger partial charge in [-0.1, -0.05) is 24.3 Å². The molecule has 0 atom stereocenters. The summed E-state index contributed by atoms with van der Waals surface area (Å²) < 4.78 is 15.3. The number of aromatic nitrogens is 1. The Labute approximate surface area is 152 Å². The highest BCUT2D eigenvalue weighted by Gasteiger charge is 2.17. The van der Waals surface area contributed by atoms with E-state index in [1.165, 1.54) is 12.1 Å². The molecule has 4 nitrogen and oxygen atoms in total. The zero-order valence-corrected chi connectivity index (χ0v) is 14.9. The Morgan fingerprint density at radius 3 is 2.69 bits per heavy atom. The van der Waals surface area contributed by atoms with Crippen molar-refractivity contribution in [1.29, 1.82) is 0 Å². The van der Waals surface area contributed by atoms with E-state index in [1.54, 1.807) is 12.1 Å². The fourth-order valence-corrected chi connectivity index (χ4v) is 3.28. The van der Waals surface area contributed by atoms with E-state index in [2.05, 4.69) is 11.0 Å². The van der Waals surface area contributed by atoms with Crippen molar-refractivity contribution in [2.75, 3.05) is 19.6 Å². The summed E-state index contributed by atoms with van der Waals surface area (Å²) in [6.07, 6.45) is 7.52. The van der Waals surface area contributed by atoms with Crippen molar-refractivity contribution in [2.24, 2.45) is 7.05 Å². The van der Waals surface area contributed by atoms with Crippen LogP contribution >= 0.6 is 0 Å². The van der Waals surface area contributed by atoms with Crippen LogP contribution < -0.4 is 0 Å². The SMILES string of the molecule is Cn1cccc1C(=CCCN1CCC=C(C(=O)O)C1)c1ccc(F)cc1. The Morgan fingerprint density at radius 2 is 2.04 bits per heavy atom. The largest absolute Gasteiger partial charge is 0.478 e. The van der Waals surface area contributed by atoms with Crippen LogP contribution in [0.4, 0.5) is 4.39 Å². The third-order valence-corrected chi connectivity index (χ3v) is 4.67. The van der Waals surface area contributed by atoms with Crippen molar-refractivity contribution in [2.45, 2.75) is 12.8 Å². The van der Waals surface area contributed by atoms with Gasteiger partial charge < -0.3 is 9.67 Å². The van der Waals surface area contributed by atoms with E-state index >= 15 is 0 Å². The number of carbonyl (C=O) groups is 1. The fourth-order valence-electron chi connectivity index (χ4n) is 3.28. The smallest absolute Gasteiger partial charge is 0.332 e. The molecule has 0 spiro atoms. The summed E-state index contributed by atoms with van der Waals surface area (Å²) >= 11 is 0. The summed E-state index contributed by atoms with van der Waals surface area (Å²) in [5.74, 6) is -1.08. The maximum absolute atomic E-state index is 13.3. The minimum absolute atomic E-state index is 0.249. The topological polar surface area (TPSA) is 45.5 Å². The van der Waals surface area contributed by atoms with Crippen LogP contribution in [0, 0.1) is 5.82 Å². The van der Waals surface area contributed by atoms with E-state index in [0.717, 1.165) is 42.8 Å². The molecular formula is C21H23FN2O2. The van der Waals surface area contributed by atoms with Gasteiger partial charge in [-0.15, -0.1) is 0 Å². The first-order valence-corrected chi connectivity index (χ1v) is 8.77. The van der Waals surface area contributed by atoms with Gasteiger partial charge in [0.15, 0.2) is 0 Å². The number of hydrogen-bond donors (Lipinski definition) is 1. The van der Waals surface area contributed by atoms with Crippen LogP contribution in [0.3, 0.4) is 0 Å². The van der Waals surface area contributed by atoms with E-state index in [-0.39, 0.29) is 5.82 Å². The molecule has 0 aliphatic carbocycles. The summed E-state index contributed by atoms with van der Waals surface area (Å²) in [6, 6.07) is 10.6. The number of aliphatic carboxylic acids is 1. The molecule has 1 aromatic heterocycles.